The molecule has 0 radical (unpaired) electrons. The molecule has 2 aromatic carbocycles. The largest absolute Gasteiger partial charge is 0.377 e. The van der Waals surface area contributed by atoms with Crippen molar-refractivity contribution in [2.75, 3.05) is 30.0 Å². The number of aromatic amines is 1. The predicted octanol–water partition coefficient (Wildman–Crippen LogP) is 3.88. The van der Waals surface area contributed by atoms with Gasteiger partial charge in [-0.1, -0.05) is 18.2 Å². The molecule has 1 saturated heterocycles. The number of hydrogen-bond acceptors (Lipinski definition) is 8. The van der Waals surface area contributed by atoms with E-state index in [1.165, 1.54) is 0 Å². The standard InChI is InChI=1S/C29H31N7O4S/c1-20-19-40-16-15-36(20)26-17-24(29(11-12-29)41(38,39)23-5-3-2-4-6-23)34-27(35-26)21-7-9-22(10-8-21)33-28(37)32-18-25-30-13-14-31-25/h2-10,13-14,17,20H,11-12,15-16,18-19H2,1H3,(H,30,31)(H2,32,33,37)/t20-/m0/s1. The van der Waals surface area contributed by atoms with E-state index < -0.39 is 14.6 Å². The average molecular weight is 574 g/mol. The van der Waals surface area contributed by atoms with Gasteiger partial charge in [0.25, 0.3) is 0 Å². The highest BCUT2D eigenvalue weighted by atomic mass is 32.2. The van der Waals surface area contributed by atoms with Crippen LogP contribution in [0.2, 0.25) is 0 Å². The first-order valence-electron chi connectivity index (χ1n) is 13.5. The number of sulfone groups is 1. The Morgan fingerprint density at radius 1 is 1.12 bits per heavy atom. The zero-order valence-corrected chi connectivity index (χ0v) is 23.4. The van der Waals surface area contributed by atoms with E-state index in [4.69, 9.17) is 14.7 Å². The Labute approximate surface area is 238 Å². The second-order valence-corrected chi connectivity index (χ2v) is 12.5. The lowest BCUT2D eigenvalue weighted by atomic mass is 10.1. The molecule has 2 aliphatic rings. The van der Waals surface area contributed by atoms with Gasteiger partial charge in [0.2, 0.25) is 0 Å². The molecule has 2 aromatic heterocycles. The number of imidazole rings is 1. The summed E-state index contributed by atoms with van der Waals surface area (Å²) in [7, 11) is -3.68. The minimum Gasteiger partial charge on any atom is -0.377 e. The SMILES string of the molecule is C[C@H]1COCCN1c1cc(C2(S(=O)(=O)c3ccccc3)CC2)nc(-c2ccc(NC(=O)NCc3ncc[nH]3)cc2)n1. The van der Waals surface area contributed by atoms with Crippen molar-refractivity contribution >= 4 is 27.4 Å². The maximum atomic E-state index is 13.8. The smallest absolute Gasteiger partial charge is 0.319 e. The Bertz CT molecular complexity index is 1620. The van der Waals surface area contributed by atoms with Crippen LogP contribution in [-0.4, -0.2) is 60.2 Å². The normalized spacial score (nSPS) is 18.1. The molecule has 3 N–H and O–H groups in total. The van der Waals surface area contributed by atoms with Crippen LogP contribution in [0.4, 0.5) is 16.3 Å². The number of nitrogens with zero attached hydrogens (tertiary/aromatic N) is 4. The fourth-order valence-electron chi connectivity index (χ4n) is 5.05. The molecular weight excluding hydrogens is 542 g/mol. The highest BCUT2D eigenvalue weighted by Gasteiger charge is 2.58. The number of ether oxygens (including phenoxy) is 1. The van der Waals surface area contributed by atoms with Crippen LogP contribution in [0, 0.1) is 0 Å². The average Bonchev–Trinajstić information content (AvgIpc) is 3.66. The maximum Gasteiger partial charge on any atom is 0.319 e. The number of anilines is 2. The molecule has 4 aromatic rings. The lowest BCUT2D eigenvalue weighted by molar-refractivity contribution is 0.0985. The number of carbonyl (C=O) groups is 1. The minimum atomic E-state index is -3.68. The van der Waals surface area contributed by atoms with Crippen molar-refractivity contribution in [3.63, 3.8) is 0 Å². The molecule has 2 amide bonds. The second kappa shape index (κ2) is 10.9. The van der Waals surface area contributed by atoms with Crippen LogP contribution >= 0.6 is 0 Å². The molecule has 0 spiro atoms. The van der Waals surface area contributed by atoms with E-state index in [0.29, 0.717) is 71.9 Å². The highest BCUT2D eigenvalue weighted by molar-refractivity contribution is 7.92. The molecule has 11 nitrogen and oxygen atoms in total. The summed E-state index contributed by atoms with van der Waals surface area (Å²) in [6.45, 7) is 4.10. The fraction of sp³-hybridized carbons (Fsp3) is 0.310. The molecule has 0 unspecified atom stereocenters. The summed E-state index contributed by atoms with van der Waals surface area (Å²) in [5, 5.41) is 5.55. The number of morpholine rings is 1. The summed E-state index contributed by atoms with van der Waals surface area (Å²) in [6.07, 6.45) is 4.31. The molecular formula is C29H31N7O4S. The lowest BCUT2D eigenvalue weighted by Gasteiger charge is -2.34. The molecule has 1 saturated carbocycles. The van der Waals surface area contributed by atoms with Gasteiger partial charge >= 0.3 is 6.03 Å². The number of urea groups is 1. The van der Waals surface area contributed by atoms with E-state index in [-0.39, 0.29) is 18.6 Å². The third-order valence-electron chi connectivity index (χ3n) is 7.49. The van der Waals surface area contributed by atoms with Crippen molar-refractivity contribution in [1.29, 1.82) is 0 Å². The van der Waals surface area contributed by atoms with Crippen molar-refractivity contribution in [1.82, 2.24) is 25.3 Å². The van der Waals surface area contributed by atoms with Crippen LogP contribution in [0.1, 0.15) is 31.3 Å². The molecule has 12 heteroatoms. The van der Waals surface area contributed by atoms with Gasteiger partial charge < -0.3 is 25.3 Å². The van der Waals surface area contributed by atoms with Gasteiger partial charge in [0.1, 0.15) is 16.4 Å². The van der Waals surface area contributed by atoms with Crippen LogP contribution in [0.25, 0.3) is 11.4 Å². The van der Waals surface area contributed by atoms with Crippen molar-refractivity contribution in [3.8, 4) is 11.4 Å². The van der Waals surface area contributed by atoms with Crippen LogP contribution in [0.5, 0.6) is 0 Å². The topological polar surface area (TPSA) is 142 Å². The van der Waals surface area contributed by atoms with Gasteiger partial charge in [-0.05, 0) is 56.2 Å². The molecule has 3 heterocycles. The van der Waals surface area contributed by atoms with E-state index in [9.17, 15) is 13.2 Å². The predicted molar refractivity (Wildman–Crippen MR) is 154 cm³/mol. The monoisotopic (exact) mass is 573 g/mol. The lowest BCUT2D eigenvalue weighted by Crippen LogP contribution is -2.44. The molecule has 212 valence electrons. The first-order valence-corrected chi connectivity index (χ1v) is 15.0. The summed E-state index contributed by atoms with van der Waals surface area (Å²) in [6, 6.07) is 17.3. The number of benzene rings is 2. The van der Waals surface area contributed by atoms with Crippen molar-refractivity contribution in [2.24, 2.45) is 0 Å². The maximum absolute atomic E-state index is 13.8. The van der Waals surface area contributed by atoms with E-state index in [0.717, 1.165) is 0 Å². The number of H-pyrrole nitrogens is 1. The number of nitrogens with one attached hydrogen (secondary N) is 3. The van der Waals surface area contributed by atoms with Crippen LogP contribution in [0.3, 0.4) is 0 Å². The van der Waals surface area contributed by atoms with Gasteiger partial charge in [-0.3, -0.25) is 0 Å². The number of rotatable bonds is 8. The summed E-state index contributed by atoms with van der Waals surface area (Å²) < 4.78 is 32.2. The number of amides is 2. The second-order valence-electron chi connectivity index (χ2n) is 10.3. The first kappa shape index (κ1) is 26.9. The van der Waals surface area contributed by atoms with E-state index in [1.807, 2.05) is 18.2 Å². The molecule has 1 aliphatic heterocycles. The molecule has 1 atom stereocenters. The van der Waals surface area contributed by atoms with Gasteiger partial charge in [-0.25, -0.2) is 28.2 Å². The fourth-order valence-corrected chi connectivity index (χ4v) is 7.04. The van der Waals surface area contributed by atoms with Crippen molar-refractivity contribution in [3.05, 3.63) is 84.6 Å². The number of carbonyl (C=O) groups excluding carboxylic acids is 1. The zero-order chi connectivity index (χ0) is 28.5. The highest BCUT2D eigenvalue weighted by Crippen LogP contribution is 2.55. The van der Waals surface area contributed by atoms with Crippen LogP contribution in [0.15, 0.2) is 78.0 Å². The van der Waals surface area contributed by atoms with Crippen molar-refractivity contribution in [2.45, 2.75) is 42.0 Å². The number of aromatic nitrogens is 4. The molecule has 41 heavy (non-hydrogen) atoms. The molecule has 2 fully saturated rings. The Morgan fingerprint density at radius 2 is 1.90 bits per heavy atom. The Balaban J connectivity index is 1.31. The van der Waals surface area contributed by atoms with Crippen LogP contribution < -0.4 is 15.5 Å². The molecule has 6 rings (SSSR count). The first-order chi connectivity index (χ1) is 19.9. The van der Waals surface area contributed by atoms with Crippen molar-refractivity contribution < 1.29 is 17.9 Å². The van der Waals surface area contributed by atoms with E-state index in [1.54, 1.807) is 54.9 Å². The Hall–Kier alpha value is -4.29. The molecule has 1 aliphatic carbocycles. The van der Waals surface area contributed by atoms with Gasteiger partial charge in [0.05, 0.1) is 36.4 Å². The quantitative estimate of drug-likeness (QED) is 0.288. The molecule has 0 bridgehead atoms. The van der Waals surface area contributed by atoms with Gasteiger partial charge in [-0.2, -0.15) is 0 Å². The summed E-state index contributed by atoms with van der Waals surface area (Å²) in [5.74, 6) is 1.76. The third kappa shape index (κ3) is 5.40. The van der Waals surface area contributed by atoms with E-state index in [2.05, 4.69) is 32.4 Å². The summed E-state index contributed by atoms with van der Waals surface area (Å²) >= 11 is 0. The van der Waals surface area contributed by atoms with Gasteiger partial charge in [-0.15, -0.1) is 0 Å². The summed E-state index contributed by atoms with van der Waals surface area (Å²) in [5.41, 5.74) is 1.80. The Kier molecular flexibility index (Phi) is 7.18. The summed E-state index contributed by atoms with van der Waals surface area (Å²) in [4.78, 5) is 31.5. The third-order valence-corrected chi connectivity index (χ3v) is 10.0. The van der Waals surface area contributed by atoms with E-state index >= 15 is 0 Å². The Morgan fingerprint density at radius 3 is 2.59 bits per heavy atom. The van der Waals surface area contributed by atoms with Gasteiger partial charge in [0, 0.05) is 36.3 Å². The van der Waals surface area contributed by atoms with Crippen LogP contribution in [-0.2, 0) is 25.9 Å². The van der Waals surface area contributed by atoms with Gasteiger partial charge in [0.15, 0.2) is 15.7 Å². The minimum absolute atomic E-state index is 0.0755. The zero-order valence-electron chi connectivity index (χ0n) is 22.6. The number of hydrogen-bond donors (Lipinski definition) is 3.